The Kier molecular flexibility index (Phi) is 5.46. The summed E-state index contributed by atoms with van der Waals surface area (Å²) in [6.07, 6.45) is 1.88. The van der Waals surface area contributed by atoms with E-state index in [1.165, 1.54) is 27.7 Å². The number of hydrogen-bond acceptors (Lipinski definition) is 5. The molecule has 5 nitrogen and oxygen atoms in total. The van der Waals surface area contributed by atoms with Gasteiger partial charge in [-0.3, -0.25) is 4.79 Å². The lowest BCUT2D eigenvalue weighted by atomic mass is 10.1. The number of aryl methyl sites for hydroxylation is 2. The lowest BCUT2D eigenvalue weighted by Crippen LogP contribution is -2.22. The van der Waals surface area contributed by atoms with Crippen LogP contribution in [0.15, 0.2) is 77.6 Å². The summed E-state index contributed by atoms with van der Waals surface area (Å²) in [5.41, 5.74) is 5.93. The van der Waals surface area contributed by atoms with Gasteiger partial charge in [0.2, 0.25) is 0 Å². The molecule has 0 atom stereocenters. The zero-order chi connectivity index (χ0) is 24.8. The summed E-state index contributed by atoms with van der Waals surface area (Å²) in [5.74, 6) is 1.28. The number of rotatable bonds is 5. The van der Waals surface area contributed by atoms with Crippen molar-refractivity contribution in [2.45, 2.75) is 20.5 Å². The molecule has 0 saturated carbocycles. The number of hydrogen-bond donors (Lipinski definition) is 0. The van der Waals surface area contributed by atoms with Crippen molar-refractivity contribution in [1.29, 1.82) is 0 Å². The van der Waals surface area contributed by atoms with Crippen LogP contribution in [0.3, 0.4) is 0 Å². The molecule has 0 aliphatic heterocycles. The summed E-state index contributed by atoms with van der Waals surface area (Å²) >= 11 is 1.39. The second-order valence-corrected chi connectivity index (χ2v) is 9.92. The lowest BCUT2D eigenvalue weighted by molar-refractivity contribution is 0.285. The number of methoxy groups -OCH3 is 1. The van der Waals surface area contributed by atoms with E-state index >= 15 is 0 Å². The maximum Gasteiger partial charge on any atom is 0.274 e. The van der Waals surface area contributed by atoms with Crippen LogP contribution in [0.5, 0.6) is 11.5 Å². The fourth-order valence-electron chi connectivity index (χ4n) is 4.54. The molecule has 0 aliphatic rings. The molecule has 6 heteroatoms. The number of fused-ring (bicyclic) bond motifs is 4. The predicted octanol–water partition coefficient (Wildman–Crippen LogP) is 5.81. The molecule has 0 amide bonds. The fraction of sp³-hybridized carbons (Fsp3) is 0.133. The minimum atomic E-state index is -0.0593. The van der Waals surface area contributed by atoms with Gasteiger partial charge in [-0.15, -0.1) is 0 Å². The molecule has 0 fully saturated rings. The van der Waals surface area contributed by atoms with Gasteiger partial charge in [0.1, 0.15) is 6.61 Å². The van der Waals surface area contributed by atoms with Crippen molar-refractivity contribution >= 4 is 44.2 Å². The quantitative estimate of drug-likeness (QED) is 0.305. The third-order valence-corrected chi connectivity index (χ3v) is 7.57. The van der Waals surface area contributed by atoms with Crippen LogP contribution in [-0.4, -0.2) is 16.5 Å². The van der Waals surface area contributed by atoms with Crippen molar-refractivity contribution in [3.63, 3.8) is 0 Å². The normalized spacial score (nSPS) is 12.1. The van der Waals surface area contributed by atoms with E-state index in [4.69, 9.17) is 9.47 Å². The number of ether oxygens (including phenoxy) is 2. The summed E-state index contributed by atoms with van der Waals surface area (Å²) in [6.45, 7) is 4.54. The minimum Gasteiger partial charge on any atom is -0.493 e. The Morgan fingerprint density at radius 3 is 2.61 bits per heavy atom. The van der Waals surface area contributed by atoms with Crippen LogP contribution in [0.1, 0.15) is 22.3 Å². The van der Waals surface area contributed by atoms with Crippen molar-refractivity contribution in [1.82, 2.24) is 9.38 Å². The largest absolute Gasteiger partial charge is 0.493 e. The van der Waals surface area contributed by atoms with Crippen molar-refractivity contribution in [3.05, 3.63) is 110 Å². The monoisotopic (exact) mass is 492 g/mol. The second-order valence-electron chi connectivity index (χ2n) is 8.91. The second kappa shape index (κ2) is 8.81. The van der Waals surface area contributed by atoms with Crippen molar-refractivity contribution in [2.75, 3.05) is 7.11 Å². The highest BCUT2D eigenvalue weighted by atomic mass is 32.1. The number of aromatic nitrogens is 2. The maximum absolute atomic E-state index is 13.2. The molecule has 36 heavy (non-hydrogen) atoms. The van der Waals surface area contributed by atoms with Gasteiger partial charge in [-0.1, -0.05) is 59.9 Å². The van der Waals surface area contributed by atoms with Gasteiger partial charge < -0.3 is 9.47 Å². The number of benzene rings is 4. The van der Waals surface area contributed by atoms with Crippen LogP contribution < -0.4 is 19.6 Å². The van der Waals surface area contributed by atoms with Crippen LogP contribution >= 0.6 is 11.3 Å². The fourth-order valence-corrected chi connectivity index (χ4v) is 5.52. The molecule has 0 unspecified atom stereocenters. The third kappa shape index (κ3) is 3.80. The predicted molar refractivity (Wildman–Crippen MR) is 146 cm³/mol. The molecule has 6 rings (SSSR count). The molecule has 2 heterocycles. The summed E-state index contributed by atoms with van der Waals surface area (Å²) in [6, 6.07) is 24.3. The lowest BCUT2D eigenvalue weighted by Gasteiger charge is -2.12. The van der Waals surface area contributed by atoms with Gasteiger partial charge in [-0.2, -0.15) is 0 Å². The molecule has 178 valence electrons. The van der Waals surface area contributed by atoms with Crippen molar-refractivity contribution in [3.8, 4) is 11.5 Å². The van der Waals surface area contributed by atoms with Gasteiger partial charge >= 0.3 is 0 Å². The molecule has 6 aromatic rings. The Balaban J connectivity index is 1.33. The van der Waals surface area contributed by atoms with E-state index in [0.29, 0.717) is 27.6 Å². The van der Waals surface area contributed by atoms with Gasteiger partial charge in [-0.05, 0) is 77.2 Å². The van der Waals surface area contributed by atoms with Crippen LogP contribution in [-0.2, 0) is 6.61 Å². The van der Waals surface area contributed by atoms with E-state index in [-0.39, 0.29) is 5.56 Å². The summed E-state index contributed by atoms with van der Waals surface area (Å²) in [5, 5.41) is 2.36. The highest BCUT2D eigenvalue weighted by molar-refractivity contribution is 7.15. The maximum atomic E-state index is 13.2. The Hall–Kier alpha value is -4.16. The SMILES string of the molecule is COc1cc(/C=c2\sc3nc4cc(C)c(C)cc4n3c2=O)ccc1OCc1cccc2ccccc12. The van der Waals surface area contributed by atoms with Crippen LogP contribution in [0.2, 0.25) is 0 Å². The number of nitrogens with zero attached hydrogens (tertiary/aromatic N) is 2. The summed E-state index contributed by atoms with van der Waals surface area (Å²) < 4.78 is 14.1. The molecule has 0 bridgehead atoms. The van der Waals surface area contributed by atoms with E-state index in [1.54, 1.807) is 11.5 Å². The van der Waals surface area contributed by atoms with Crippen LogP contribution in [0, 0.1) is 13.8 Å². The zero-order valence-electron chi connectivity index (χ0n) is 20.2. The van der Waals surface area contributed by atoms with Gasteiger partial charge in [0.15, 0.2) is 16.5 Å². The van der Waals surface area contributed by atoms with Gasteiger partial charge in [0.25, 0.3) is 5.56 Å². The molecular weight excluding hydrogens is 468 g/mol. The molecule has 0 radical (unpaired) electrons. The Morgan fingerprint density at radius 1 is 0.944 bits per heavy atom. The number of thiazole rings is 1. The summed E-state index contributed by atoms with van der Waals surface area (Å²) in [4.78, 5) is 18.6. The van der Waals surface area contributed by atoms with Gasteiger partial charge in [0, 0.05) is 0 Å². The smallest absolute Gasteiger partial charge is 0.274 e. The first kappa shape index (κ1) is 22.3. The molecular formula is C30H24N2O3S. The zero-order valence-corrected chi connectivity index (χ0v) is 21.1. The molecule has 4 aromatic carbocycles. The third-order valence-electron chi connectivity index (χ3n) is 6.60. The van der Waals surface area contributed by atoms with E-state index < -0.39 is 0 Å². The first-order valence-electron chi connectivity index (χ1n) is 11.7. The van der Waals surface area contributed by atoms with E-state index in [1.807, 2.05) is 61.5 Å². The molecule has 2 aromatic heterocycles. The first-order chi connectivity index (χ1) is 17.5. The highest BCUT2D eigenvalue weighted by Gasteiger charge is 2.13. The Morgan fingerprint density at radius 2 is 1.75 bits per heavy atom. The average Bonchev–Trinajstić information content (AvgIpc) is 3.38. The first-order valence-corrected chi connectivity index (χ1v) is 12.5. The standard InChI is InChI=1S/C30H24N2O3S/c1-18-13-24-25(14-19(18)2)32-29(33)28(36-30(32)31-24)16-20-11-12-26(27(15-20)34-3)35-17-22-9-6-8-21-7-4-5-10-23(21)22/h4-16H,17H2,1-3H3/b28-16-. The number of imidazole rings is 1. The Bertz CT molecular complexity index is 1880. The topological polar surface area (TPSA) is 52.8 Å². The highest BCUT2D eigenvalue weighted by Crippen LogP contribution is 2.30. The van der Waals surface area contributed by atoms with Gasteiger partial charge in [-0.25, -0.2) is 9.38 Å². The molecule has 0 N–H and O–H groups in total. The van der Waals surface area contributed by atoms with E-state index in [0.717, 1.165) is 27.7 Å². The van der Waals surface area contributed by atoms with E-state index in [9.17, 15) is 4.79 Å². The molecule has 0 saturated heterocycles. The minimum absolute atomic E-state index is 0.0593. The average molecular weight is 493 g/mol. The molecule has 0 aliphatic carbocycles. The van der Waals surface area contributed by atoms with E-state index in [2.05, 4.69) is 36.2 Å². The molecule has 0 spiro atoms. The van der Waals surface area contributed by atoms with Crippen molar-refractivity contribution in [2.24, 2.45) is 0 Å². The van der Waals surface area contributed by atoms with Gasteiger partial charge in [0.05, 0.1) is 22.7 Å². The summed E-state index contributed by atoms with van der Waals surface area (Å²) in [7, 11) is 1.62. The Labute approximate surface area is 211 Å². The van der Waals surface area contributed by atoms with Crippen LogP contribution in [0.25, 0.3) is 32.8 Å². The van der Waals surface area contributed by atoms with Crippen LogP contribution in [0.4, 0.5) is 0 Å². The van der Waals surface area contributed by atoms with Crippen molar-refractivity contribution < 1.29 is 9.47 Å².